The van der Waals surface area contributed by atoms with Gasteiger partial charge in [0.1, 0.15) is 10.8 Å². The van der Waals surface area contributed by atoms with E-state index in [1.165, 1.54) is 7.11 Å². The molecular formula is C9H9Cl2NO3. The lowest BCUT2D eigenvalue weighted by Crippen LogP contribution is -2.20. The molecular weight excluding hydrogens is 241 g/mol. The van der Waals surface area contributed by atoms with Crippen LogP contribution >= 0.6 is 23.2 Å². The van der Waals surface area contributed by atoms with Crippen LogP contribution < -0.4 is 10.1 Å². The van der Waals surface area contributed by atoms with E-state index in [0.717, 1.165) is 0 Å². The van der Waals surface area contributed by atoms with Gasteiger partial charge in [0.2, 0.25) is 0 Å². The minimum Gasteiger partial charge on any atom is -0.495 e. The molecule has 0 aliphatic carbocycles. The Kier molecular flexibility index (Phi) is 4.05. The zero-order valence-electron chi connectivity index (χ0n) is 7.88. The molecule has 0 radical (unpaired) electrons. The number of carbonyl (C=O) groups is 1. The monoisotopic (exact) mass is 249 g/mol. The van der Waals surface area contributed by atoms with E-state index >= 15 is 0 Å². The summed E-state index contributed by atoms with van der Waals surface area (Å²) in [4.78, 5) is 10.3. The molecule has 0 saturated carbocycles. The standard InChI is InChI=1S/C9H9Cl2NO3/c1-15-6-3-2-5(4-12-9(13)14)7(10)8(6)11/h2-3,12H,4H2,1H3,(H,13,14). The van der Waals surface area contributed by atoms with Gasteiger partial charge in [-0.05, 0) is 11.6 Å². The second-order valence-corrected chi connectivity index (χ2v) is 3.47. The van der Waals surface area contributed by atoms with Crippen LogP contribution in [0, 0.1) is 0 Å². The van der Waals surface area contributed by atoms with Crippen molar-refractivity contribution in [3.8, 4) is 5.75 Å². The molecule has 0 atom stereocenters. The molecule has 1 amide bonds. The van der Waals surface area contributed by atoms with E-state index in [9.17, 15) is 4.79 Å². The second kappa shape index (κ2) is 5.09. The number of halogens is 2. The second-order valence-electron chi connectivity index (χ2n) is 2.71. The van der Waals surface area contributed by atoms with Crippen LogP contribution in [-0.2, 0) is 6.54 Å². The van der Waals surface area contributed by atoms with Crippen molar-refractivity contribution in [2.75, 3.05) is 7.11 Å². The molecule has 0 aliphatic heterocycles. The van der Waals surface area contributed by atoms with Crippen LogP contribution in [0.1, 0.15) is 5.56 Å². The van der Waals surface area contributed by atoms with Crippen molar-refractivity contribution in [2.45, 2.75) is 6.54 Å². The Morgan fingerprint density at radius 1 is 1.47 bits per heavy atom. The molecule has 1 aromatic rings. The van der Waals surface area contributed by atoms with Crippen molar-refractivity contribution in [3.63, 3.8) is 0 Å². The van der Waals surface area contributed by atoms with E-state index in [2.05, 4.69) is 5.32 Å². The number of hydrogen-bond acceptors (Lipinski definition) is 2. The molecule has 1 rings (SSSR count). The molecule has 1 aromatic carbocycles. The van der Waals surface area contributed by atoms with Crippen molar-refractivity contribution in [3.05, 3.63) is 27.7 Å². The van der Waals surface area contributed by atoms with E-state index in [0.29, 0.717) is 16.3 Å². The molecule has 0 bridgehead atoms. The van der Waals surface area contributed by atoms with Gasteiger partial charge in [-0.3, -0.25) is 0 Å². The number of benzene rings is 1. The van der Waals surface area contributed by atoms with Crippen LogP contribution in [-0.4, -0.2) is 18.3 Å². The molecule has 0 aliphatic rings. The smallest absolute Gasteiger partial charge is 0.404 e. The van der Waals surface area contributed by atoms with E-state index in [1.807, 2.05) is 0 Å². The van der Waals surface area contributed by atoms with Gasteiger partial charge >= 0.3 is 6.09 Å². The van der Waals surface area contributed by atoms with Gasteiger partial charge in [0.25, 0.3) is 0 Å². The number of rotatable bonds is 3. The zero-order chi connectivity index (χ0) is 11.4. The first kappa shape index (κ1) is 11.9. The van der Waals surface area contributed by atoms with E-state index in [4.69, 9.17) is 33.0 Å². The third-order valence-corrected chi connectivity index (χ3v) is 2.68. The van der Waals surface area contributed by atoms with Gasteiger partial charge in [0.15, 0.2) is 0 Å². The fourth-order valence-corrected chi connectivity index (χ4v) is 1.52. The number of amides is 1. The molecule has 2 N–H and O–H groups in total. The Morgan fingerprint density at radius 2 is 2.13 bits per heavy atom. The Bertz CT molecular complexity index is 382. The Hall–Kier alpha value is -1.13. The van der Waals surface area contributed by atoms with Crippen LogP contribution in [0.4, 0.5) is 4.79 Å². The first-order chi connectivity index (χ1) is 7.06. The summed E-state index contributed by atoms with van der Waals surface area (Å²) in [6.07, 6.45) is -1.11. The zero-order valence-corrected chi connectivity index (χ0v) is 9.39. The van der Waals surface area contributed by atoms with Gasteiger partial charge in [-0.25, -0.2) is 4.79 Å². The average molecular weight is 250 g/mol. The highest BCUT2D eigenvalue weighted by atomic mass is 35.5. The summed E-state index contributed by atoms with van der Waals surface area (Å²) in [5.74, 6) is 0.459. The molecule has 0 heterocycles. The minimum absolute atomic E-state index is 0.109. The molecule has 0 aromatic heterocycles. The molecule has 0 unspecified atom stereocenters. The predicted octanol–water partition coefficient (Wildman–Crippen LogP) is 2.77. The number of ether oxygens (including phenoxy) is 1. The lowest BCUT2D eigenvalue weighted by atomic mass is 10.2. The van der Waals surface area contributed by atoms with Gasteiger partial charge < -0.3 is 15.2 Å². The van der Waals surface area contributed by atoms with Crippen LogP contribution in [0.2, 0.25) is 10.0 Å². The maximum absolute atomic E-state index is 10.3. The largest absolute Gasteiger partial charge is 0.495 e. The molecule has 15 heavy (non-hydrogen) atoms. The topological polar surface area (TPSA) is 58.6 Å². The van der Waals surface area contributed by atoms with Crippen LogP contribution in [0.5, 0.6) is 5.75 Å². The van der Waals surface area contributed by atoms with Gasteiger partial charge in [-0.2, -0.15) is 0 Å². The quantitative estimate of drug-likeness (QED) is 0.867. The Morgan fingerprint density at radius 3 is 2.67 bits per heavy atom. The van der Waals surface area contributed by atoms with Gasteiger partial charge in [-0.15, -0.1) is 0 Å². The van der Waals surface area contributed by atoms with E-state index < -0.39 is 6.09 Å². The van der Waals surface area contributed by atoms with Crippen LogP contribution in [0.15, 0.2) is 12.1 Å². The van der Waals surface area contributed by atoms with Crippen molar-refractivity contribution in [2.24, 2.45) is 0 Å². The number of carboxylic acid groups (broad SMARTS) is 1. The SMILES string of the molecule is COc1ccc(CNC(=O)O)c(Cl)c1Cl. The van der Waals surface area contributed by atoms with Crippen LogP contribution in [0.3, 0.4) is 0 Å². The number of nitrogens with one attached hydrogen (secondary N) is 1. The highest BCUT2D eigenvalue weighted by Crippen LogP contribution is 2.34. The highest BCUT2D eigenvalue weighted by Gasteiger charge is 2.10. The van der Waals surface area contributed by atoms with Crippen molar-refractivity contribution >= 4 is 29.3 Å². The molecule has 0 saturated heterocycles. The van der Waals surface area contributed by atoms with Crippen molar-refractivity contribution in [1.29, 1.82) is 0 Å². The fraction of sp³-hybridized carbons (Fsp3) is 0.222. The highest BCUT2D eigenvalue weighted by molar-refractivity contribution is 6.43. The summed E-state index contributed by atoms with van der Waals surface area (Å²) in [6.45, 7) is 0.109. The van der Waals surface area contributed by atoms with Gasteiger partial charge in [0, 0.05) is 6.54 Å². The average Bonchev–Trinajstić information content (AvgIpc) is 2.20. The first-order valence-electron chi connectivity index (χ1n) is 4.04. The Balaban J connectivity index is 2.91. The first-order valence-corrected chi connectivity index (χ1v) is 4.79. The van der Waals surface area contributed by atoms with E-state index in [-0.39, 0.29) is 11.6 Å². The third kappa shape index (κ3) is 2.91. The minimum atomic E-state index is -1.11. The van der Waals surface area contributed by atoms with Gasteiger partial charge in [0.05, 0.1) is 12.1 Å². The summed E-state index contributed by atoms with van der Waals surface area (Å²) < 4.78 is 4.95. The maximum atomic E-state index is 10.3. The molecule has 0 fully saturated rings. The third-order valence-electron chi connectivity index (χ3n) is 1.78. The lowest BCUT2D eigenvalue weighted by Gasteiger charge is -2.09. The van der Waals surface area contributed by atoms with E-state index in [1.54, 1.807) is 12.1 Å². The normalized spacial score (nSPS) is 9.80. The number of hydrogen-bond donors (Lipinski definition) is 2. The van der Waals surface area contributed by atoms with Crippen molar-refractivity contribution in [1.82, 2.24) is 5.32 Å². The fourth-order valence-electron chi connectivity index (χ4n) is 1.04. The summed E-state index contributed by atoms with van der Waals surface area (Å²) in [6, 6.07) is 3.29. The summed E-state index contributed by atoms with van der Waals surface area (Å²) in [7, 11) is 1.48. The van der Waals surface area contributed by atoms with Crippen molar-refractivity contribution < 1.29 is 14.6 Å². The molecule has 6 heteroatoms. The lowest BCUT2D eigenvalue weighted by molar-refractivity contribution is 0.194. The molecule has 4 nitrogen and oxygen atoms in total. The van der Waals surface area contributed by atoms with Crippen LogP contribution in [0.25, 0.3) is 0 Å². The summed E-state index contributed by atoms with van der Waals surface area (Å²) >= 11 is 11.8. The Labute approximate surface area is 96.8 Å². The predicted molar refractivity (Wildman–Crippen MR) is 57.9 cm³/mol. The maximum Gasteiger partial charge on any atom is 0.404 e. The van der Waals surface area contributed by atoms with Gasteiger partial charge in [-0.1, -0.05) is 29.3 Å². The molecule has 82 valence electrons. The molecule has 0 spiro atoms. The summed E-state index contributed by atoms with van der Waals surface area (Å²) in [5, 5.41) is 11.2. The number of methoxy groups -OCH3 is 1. The summed E-state index contributed by atoms with van der Waals surface area (Å²) in [5.41, 5.74) is 0.602.